The highest BCUT2D eigenvalue weighted by Crippen LogP contribution is 2.27. The first kappa shape index (κ1) is 21.4. The highest BCUT2D eigenvalue weighted by atomic mass is 35.5. The van der Waals surface area contributed by atoms with Crippen molar-refractivity contribution in [1.82, 2.24) is 10.2 Å². The number of rotatable bonds is 5. The van der Waals surface area contributed by atoms with E-state index in [4.69, 9.17) is 11.6 Å². The van der Waals surface area contributed by atoms with E-state index in [1.807, 2.05) is 48.5 Å². The summed E-state index contributed by atoms with van der Waals surface area (Å²) in [5, 5.41) is 3.38. The number of carbonyl (C=O) groups excluding carboxylic acids is 2. The van der Waals surface area contributed by atoms with Crippen LogP contribution in [-0.4, -0.2) is 29.9 Å². The Morgan fingerprint density at radius 3 is 2.06 bits per heavy atom. The summed E-state index contributed by atoms with van der Waals surface area (Å²) in [6, 6.07) is 22.5. The number of nitrogens with zero attached hydrogens (tertiary/aromatic N) is 2. The molecule has 6 heteroatoms. The number of hydrogen-bond donors (Lipinski definition) is 1. The van der Waals surface area contributed by atoms with Crippen molar-refractivity contribution in [2.24, 2.45) is 0 Å². The van der Waals surface area contributed by atoms with Crippen LogP contribution < -0.4 is 10.2 Å². The molecule has 0 radical (unpaired) electrons. The van der Waals surface area contributed by atoms with Crippen molar-refractivity contribution < 1.29 is 9.59 Å². The van der Waals surface area contributed by atoms with Crippen LogP contribution >= 0.6 is 11.6 Å². The fourth-order valence-corrected chi connectivity index (χ4v) is 4.43. The first-order chi connectivity index (χ1) is 16.1. The van der Waals surface area contributed by atoms with Gasteiger partial charge in [-0.3, -0.25) is 9.69 Å². The lowest BCUT2D eigenvalue weighted by atomic mass is 10.1. The van der Waals surface area contributed by atoms with Gasteiger partial charge in [-0.15, -0.1) is 0 Å². The molecule has 5 rings (SSSR count). The van der Waals surface area contributed by atoms with E-state index in [1.54, 1.807) is 18.2 Å². The zero-order valence-corrected chi connectivity index (χ0v) is 18.9. The summed E-state index contributed by atoms with van der Waals surface area (Å²) in [6.07, 6.45) is 4.26. The Bertz CT molecular complexity index is 1200. The lowest BCUT2D eigenvalue weighted by molar-refractivity contribution is -0.113. The zero-order chi connectivity index (χ0) is 22.8. The van der Waals surface area contributed by atoms with Gasteiger partial charge in [-0.2, -0.15) is 0 Å². The summed E-state index contributed by atoms with van der Waals surface area (Å²) in [5.74, 6) is -0.361. The van der Waals surface area contributed by atoms with Crippen molar-refractivity contribution in [3.63, 3.8) is 0 Å². The molecule has 0 unspecified atom stereocenters. The lowest BCUT2D eigenvalue weighted by Gasteiger charge is -2.14. The molecule has 166 valence electrons. The van der Waals surface area contributed by atoms with Crippen LogP contribution in [0.2, 0.25) is 5.02 Å². The van der Waals surface area contributed by atoms with Crippen LogP contribution in [0.3, 0.4) is 0 Å². The molecule has 2 heterocycles. The average molecular weight is 458 g/mol. The topological polar surface area (TPSA) is 52.7 Å². The van der Waals surface area contributed by atoms with Crippen molar-refractivity contribution in [1.29, 1.82) is 0 Å². The molecule has 0 atom stereocenters. The first-order valence-corrected chi connectivity index (χ1v) is 11.5. The number of hydrogen-bond acceptors (Lipinski definition) is 3. The van der Waals surface area contributed by atoms with Crippen LogP contribution in [0, 0.1) is 0 Å². The Morgan fingerprint density at radius 1 is 0.818 bits per heavy atom. The minimum atomic E-state index is -0.448. The molecular formula is C27H24ClN3O2. The van der Waals surface area contributed by atoms with Crippen LogP contribution in [0.25, 0.3) is 17.2 Å². The van der Waals surface area contributed by atoms with Crippen LogP contribution in [0.5, 0.6) is 0 Å². The third-order valence-electron chi connectivity index (χ3n) is 6.08. The fourth-order valence-electron chi connectivity index (χ4n) is 4.30. The Balaban J connectivity index is 1.30. The van der Waals surface area contributed by atoms with Gasteiger partial charge in [-0.05, 0) is 78.5 Å². The molecule has 2 aliphatic heterocycles. The van der Waals surface area contributed by atoms with Crippen LogP contribution in [0.4, 0.5) is 10.5 Å². The fraction of sp³-hybridized carbons (Fsp3) is 0.185. The van der Waals surface area contributed by atoms with E-state index < -0.39 is 6.03 Å². The van der Waals surface area contributed by atoms with Gasteiger partial charge in [0.05, 0.1) is 5.69 Å². The number of benzene rings is 3. The molecule has 3 amide bonds. The zero-order valence-electron chi connectivity index (χ0n) is 18.1. The third kappa shape index (κ3) is 4.70. The molecule has 0 saturated carbocycles. The van der Waals surface area contributed by atoms with Gasteiger partial charge < -0.3 is 5.32 Å². The van der Waals surface area contributed by atoms with Crippen LogP contribution in [0.15, 0.2) is 78.5 Å². The van der Waals surface area contributed by atoms with Gasteiger partial charge >= 0.3 is 6.03 Å². The number of carbonyl (C=O) groups is 2. The monoisotopic (exact) mass is 457 g/mol. The number of halogens is 1. The van der Waals surface area contributed by atoms with Gasteiger partial charge in [0.15, 0.2) is 0 Å². The van der Waals surface area contributed by atoms with E-state index in [-0.39, 0.29) is 11.6 Å². The summed E-state index contributed by atoms with van der Waals surface area (Å²) >= 11 is 5.96. The number of urea groups is 1. The number of amides is 3. The van der Waals surface area contributed by atoms with Gasteiger partial charge in [0.25, 0.3) is 5.91 Å². The second-order valence-corrected chi connectivity index (χ2v) is 8.84. The van der Waals surface area contributed by atoms with Crippen molar-refractivity contribution >= 4 is 35.3 Å². The average Bonchev–Trinajstić information content (AvgIpc) is 3.43. The molecular weight excluding hydrogens is 434 g/mol. The van der Waals surface area contributed by atoms with Gasteiger partial charge in [-0.1, -0.05) is 60.1 Å². The number of nitrogens with one attached hydrogen (secondary N) is 1. The Morgan fingerprint density at radius 2 is 1.42 bits per heavy atom. The highest BCUT2D eigenvalue weighted by molar-refractivity contribution is 6.30. The van der Waals surface area contributed by atoms with Crippen LogP contribution in [-0.2, 0) is 11.3 Å². The minimum absolute atomic E-state index is 0.272. The largest absolute Gasteiger partial charge is 0.333 e. The number of imide groups is 1. The molecule has 5 nitrogen and oxygen atoms in total. The first-order valence-electron chi connectivity index (χ1n) is 11.1. The quantitative estimate of drug-likeness (QED) is 0.395. The second-order valence-electron chi connectivity index (χ2n) is 8.41. The predicted molar refractivity (Wildman–Crippen MR) is 132 cm³/mol. The van der Waals surface area contributed by atoms with Crippen molar-refractivity contribution in [2.45, 2.75) is 19.4 Å². The van der Waals surface area contributed by atoms with Gasteiger partial charge in [0.2, 0.25) is 0 Å². The molecule has 0 aromatic heterocycles. The molecule has 1 N–H and O–H groups in total. The maximum absolute atomic E-state index is 13.0. The van der Waals surface area contributed by atoms with E-state index in [1.165, 1.54) is 23.3 Å². The van der Waals surface area contributed by atoms with Crippen LogP contribution in [0.1, 0.15) is 24.0 Å². The summed E-state index contributed by atoms with van der Waals surface area (Å²) in [6.45, 7) is 3.26. The van der Waals surface area contributed by atoms with Gasteiger partial charge in [0.1, 0.15) is 5.70 Å². The molecule has 0 spiro atoms. The van der Waals surface area contributed by atoms with E-state index in [0.717, 1.165) is 36.3 Å². The SMILES string of the molecule is O=C1N/C(=C\c2ccc(CN3CCCC3)cc2)C(=O)N1c1ccc(-c2ccc(Cl)cc2)cc1. The molecule has 3 aromatic carbocycles. The Kier molecular flexibility index (Phi) is 5.99. The van der Waals surface area contributed by atoms with Gasteiger partial charge in [-0.25, -0.2) is 9.69 Å². The standard InChI is InChI=1S/C27H24ClN3O2/c28-23-11-7-21(8-12-23)22-9-13-24(14-10-22)31-26(32)25(29-27(31)33)17-19-3-5-20(6-4-19)18-30-15-1-2-16-30/h3-14,17H,1-2,15-16,18H2,(H,29,33)/b25-17-. The van der Waals surface area contributed by atoms with E-state index in [0.29, 0.717) is 10.7 Å². The highest BCUT2D eigenvalue weighted by Gasteiger charge is 2.34. The molecule has 2 fully saturated rings. The molecule has 0 bridgehead atoms. The molecule has 33 heavy (non-hydrogen) atoms. The molecule has 2 saturated heterocycles. The Hall–Kier alpha value is -3.41. The van der Waals surface area contributed by atoms with E-state index >= 15 is 0 Å². The normalized spacial score (nSPS) is 17.7. The molecule has 2 aliphatic rings. The number of likely N-dealkylation sites (tertiary alicyclic amines) is 1. The lowest BCUT2D eigenvalue weighted by Crippen LogP contribution is -2.30. The van der Waals surface area contributed by atoms with Crippen molar-refractivity contribution in [3.05, 3.63) is 94.6 Å². The maximum atomic E-state index is 13.0. The molecule has 0 aliphatic carbocycles. The summed E-state index contributed by atoms with van der Waals surface area (Å²) < 4.78 is 0. The summed E-state index contributed by atoms with van der Waals surface area (Å²) in [5.41, 5.74) is 4.92. The second kappa shape index (κ2) is 9.22. The summed E-state index contributed by atoms with van der Waals surface area (Å²) in [7, 11) is 0. The third-order valence-corrected chi connectivity index (χ3v) is 6.33. The van der Waals surface area contributed by atoms with Gasteiger partial charge in [0, 0.05) is 11.6 Å². The minimum Gasteiger partial charge on any atom is -0.302 e. The maximum Gasteiger partial charge on any atom is 0.333 e. The Labute approximate surface area is 198 Å². The van der Waals surface area contributed by atoms with E-state index in [2.05, 4.69) is 22.3 Å². The smallest absolute Gasteiger partial charge is 0.302 e. The van der Waals surface area contributed by atoms with Crippen molar-refractivity contribution in [2.75, 3.05) is 18.0 Å². The predicted octanol–water partition coefficient (Wildman–Crippen LogP) is 5.70. The number of anilines is 1. The summed E-state index contributed by atoms with van der Waals surface area (Å²) in [4.78, 5) is 29.1. The van der Waals surface area contributed by atoms with Crippen molar-refractivity contribution in [3.8, 4) is 11.1 Å². The molecule has 3 aromatic rings. The van der Waals surface area contributed by atoms with E-state index in [9.17, 15) is 9.59 Å².